The van der Waals surface area contributed by atoms with Crippen LogP contribution in [0.3, 0.4) is 0 Å². The lowest BCUT2D eigenvalue weighted by Crippen LogP contribution is -2.03. The second kappa shape index (κ2) is 4.65. The third-order valence-electron chi connectivity index (χ3n) is 1.91. The van der Waals surface area contributed by atoms with E-state index >= 15 is 0 Å². The molecule has 3 nitrogen and oxygen atoms in total. The number of halogens is 2. The van der Waals surface area contributed by atoms with Crippen LogP contribution in [0.15, 0.2) is 42.7 Å². The molecule has 0 aliphatic rings. The zero-order chi connectivity index (χ0) is 11.4. The first kappa shape index (κ1) is 10.5. The van der Waals surface area contributed by atoms with Crippen molar-refractivity contribution in [1.82, 2.24) is 9.97 Å². The molecule has 0 atom stereocenters. The first-order valence-corrected chi connectivity index (χ1v) is 4.58. The summed E-state index contributed by atoms with van der Waals surface area (Å²) in [4.78, 5) is 7.82. The molecule has 0 saturated heterocycles. The predicted molar refractivity (Wildman–Crippen MR) is 54.1 cm³/mol. The molecule has 0 aromatic carbocycles. The second-order valence-corrected chi connectivity index (χ2v) is 2.98. The molecule has 0 aliphatic heterocycles. The topological polar surface area (TPSA) is 35.0 Å². The average Bonchev–Trinajstić information content (AvgIpc) is 2.30. The Balaban J connectivity index is 2.29. The molecular formula is C11H8F2N2O. The first-order valence-electron chi connectivity index (χ1n) is 4.58. The summed E-state index contributed by atoms with van der Waals surface area (Å²) < 4.78 is 28.2. The number of aromatic nitrogens is 2. The number of rotatable bonds is 3. The van der Waals surface area contributed by atoms with Crippen molar-refractivity contribution >= 4 is 0 Å². The number of nitrogens with zero attached hydrogens (tertiary/aromatic N) is 2. The van der Waals surface area contributed by atoms with Crippen LogP contribution in [0, 0.1) is 0 Å². The maximum Gasteiger partial charge on any atom is 0.388 e. The summed E-state index contributed by atoms with van der Waals surface area (Å²) in [7, 11) is 0. The lowest BCUT2D eigenvalue weighted by atomic mass is 10.2. The van der Waals surface area contributed by atoms with E-state index in [-0.39, 0.29) is 5.88 Å². The normalized spacial score (nSPS) is 10.4. The summed E-state index contributed by atoms with van der Waals surface area (Å²) in [6, 6.07) is 8.20. The molecule has 0 amide bonds. The van der Waals surface area contributed by atoms with Crippen molar-refractivity contribution < 1.29 is 13.5 Å². The molecule has 0 aliphatic carbocycles. The highest BCUT2D eigenvalue weighted by molar-refractivity contribution is 5.58. The SMILES string of the molecule is FC(F)Oc1cccc(-c2ccncc2)n1. The van der Waals surface area contributed by atoms with E-state index in [0.717, 1.165) is 5.56 Å². The minimum atomic E-state index is -2.86. The Morgan fingerprint density at radius 1 is 1.06 bits per heavy atom. The van der Waals surface area contributed by atoms with E-state index in [1.165, 1.54) is 6.07 Å². The number of pyridine rings is 2. The molecular weight excluding hydrogens is 214 g/mol. The van der Waals surface area contributed by atoms with E-state index in [0.29, 0.717) is 5.69 Å². The lowest BCUT2D eigenvalue weighted by Gasteiger charge is -2.05. The standard InChI is InChI=1S/C11H8F2N2O/c12-11(13)16-10-3-1-2-9(15-10)8-4-6-14-7-5-8/h1-7,11H. The Hall–Kier alpha value is -2.04. The van der Waals surface area contributed by atoms with Crippen LogP contribution in [-0.2, 0) is 0 Å². The summed E-state index contributed by atoms with van der Waals surface area (Å²) in [5.74, 6) is -0.0932. The van der Waals surface area contributed by atoms with E-state index in [9.17, 15) is 8.78 Å². The van der Waals surface area contributed by atoms with Gasteiger partial charge < -0.3 is 4.74 Å². The molecule has 82 valence electrons. The molecule has 0 saturated carbocycles. The largest absolute Gasteiger partial charge is 0.417 e. The van der Waals surface area contributed by atoms with Gasteiger partial charge in [0.15, 0.2) is 0 Å². The van der Waals surface area contributed by atoms with Crippen LogP contribution in [0.4, 0.5) is 8.78 Å². The summed E-state index contributed by atoms with van der Waals surface area (Å²) in [5, 5.41) is 0. The summed E-state index contributed by atoms with van der Waals surface area (Å²) in [6.07, 6.45) is 3.22. The molecule has 2 aromatic rings. The van der Waals surface area contributed by atoms with Crippen molar-refractivity contribution in [2.24, 2.45) is 0 Å². The van der Waals surface area contributed by atoms with Crippen molar-refractivity contribution in [3.8, 4) is 17.1 Å². The third kappa shape index (κ3) is 2.50. The van der Waals surface area contributed by atoms with Crippen molar-refractivity contribution in [3.05, 3.63) is 42.7 Å². The zero-order valence-electron chi connectivity index (χ0n) is 8.18. The molecule has 2 aromatic heterocycles. The number of hydrogen-bond acceptors (Lipinski definition) is 3. The van der Waals surface area contributed by atoms with Gasteiger partial charge in [0.2, 0.25) is 5.88 Å². The van der Waals surface area contributed by atoms with Gasteiger partial charge in [0.1, 0.15) is 0 Å². The smallest absolute Gasteiger partial charge is 0.388 e. The van der Waals surface area contributed by atoms with Gasteiger partial charge in [0.25, 0.3) is 0 Å². The fourth-order valence-corrected chi connectivity index (χ4v) is 1.26. The fourth-order valence-electron chi connectivity index (χ4n) is 1.26. The first-order chi connectivity index (χ1) is 7.75. The Kier molecular flexibility index (Phi) is 3.05. The Labute approximate surface area is 90.7 Å². The minimum absolute atomic E-state index is 0.0932. The molecule has 16 heavy (non-hydrogen) atoms. The summed E-state index contributed by atoms with van der Waals surface area (Å²) in [6.45, 7) is -2.86. The Morgan fingerprint density at radius 2 is 1.81 bits per heavy atom. The van der Waals surface area contributed by atoms with Crippen molar-refractivity contribution in [2.45, 2.75) is 6.61 Å². The molecule has 0 spiro atoms. The van der Waals surface area contributed by atoms with Crippen LogP contribution >= 0.6 is 0 Å². The highest BCUT2D eigenvalue weighted by Crippen LogP contribution is 2.19. The van der Waals surface area contributed by atoms with Crippen LogP contribution < -0.4 is 4.74 Å². The van der Waals surface area contributed by atoms with Gasteiger partial charge in [-0.15, -0.1) is 0 Å². The number of alkyl halides is 2. The monoisotopic (exact) mass is 222 g/mol. The van der Waals surface area contributed by atoms with Gasteiger partial charge in [-0.25, -0.2) is 4.98 Å². The highest BCUT2D eigenvalue weighted by Gasteiger charge is 2.06. The molecule has 2 heterocycles. The van der Waals surface area contributed by atoms with Crippen molar-refractivity contribution in [1.29, 1.82) is 0 Å². The molecule has 2 rings (SSSR count). The highest BCUT2D eigenvalue weighted by atomic mass is 19.3. The zero-order valence-corrected chi connectivity index (χ0v) is 8.18. The average molecular weight is 222 g/mol. The fraction of sp³-hybridized carbons (Fsp3) is 0.0909. The predicted octanol–water partition coefficient (Wildman–Crippen LogP) is 2.75. The maximum atomic E-state index is 12.0. The van der Waals surface area contributed by atoms with Crippen LogP contribution in [0.5, 0.6) is 5.88 Å². The van der Waals surface area contributed by atoms with E-state index in [4.69, 9.17) is 0 Å². The van der Waals surface area contributed by atoms with E-state index in [1.807, 2.05) is 0 Å². The molecule has 5 heteroatoms. The quantitative estimate of drug-likeness (QED) is 0.800. The summed E-state index contributed by atoms with van der Waals surface area (Å²) in [5.41, 5.74) is 1.37. The second-order valence-electron chi connectivity index (χ2n) is 2.98. The van der Waals surface area contributed by atoms with Crippen molar-refractivity contribution in [2.75, 3.05) is 0 Å². The summed E-state index contributed by atoms with van der Waals surface area (Å²) >= 11 is 0. The maximum absolute atomic E-state index is 12.0. The van der Waals surface area contributed by atoms with Crippen LogP contribution in [0.2, 0.25) is 0 Å². The van der Waals surface area contributed by atoms with E-state index < -0.39 is 6.61 Å². The number of ether oxygens (including phenoxy) is 1. The van der Waals surface area contributed by atoms with Crippen molar-refractivity contribution in [3.63, 3.8) is 0 Å². The van der Waals surface area contributed by atoms with Gasteiger partial charge in [-0.2, -0.15) is 8.78 Å². The van der Waals surface area contributed by atoms with Crippen LogP contribution in [0.1, 0.15) is 0 Å². The van der Waals surface area contributed by atoms with Gasteiger partial charge in [0, 0.05) is 24.0 Å². The molecule has 0 fully saturated rings. The Morgan fingerprint density at radius 3 is 2.50 bits per heavy atom. The number of hydrogen-bond donors (Lipinski definition) is 0. The minimum Gasteiger partial charge on any atom is -0.417 e. The molecule has 0 radical (unpaired) electrons. The van der Waals surface area contributed by atoms with Gasteiger partial charge in [-0.05, 0) is 18.2 Å². The van der Waals surface area contributed by atoms with Gasteiger partial charge >= 0.3 is 6.61 Å². The van der Waals surface area contributed by atoms with Crippen LogP contribution in [0.25, 0.3) is 11.3 Å². The third-order valence-corrected chi connectivity index (χ3v) is 1.91. The lowest BCUT2D eigenvalue weighted by molar-refractivity contribution is -0.0527. The molecule has 0 bridgehead atoms. The van der Waals surface area contributed by atoms with Crippen LogP contribution in [-0.4, -0.2) is 16.6 Å². The molecule has 0 unspecified atom stereocenters. The van der Waals surface area contributed by atoms with E-state index in [1.54, 1.807) is 36.7 Å². The van der Waals surface area contributed by atoms with Gasteiger partial charge in [-0.3, -0.25) is 4.98 Å². The molecule has 0 N–H and O–H groups in total. The van der Waals surface area contributed by atoms with E-state index in [2.05, 4.69) is 14.7 Å². The Bertz CT molecular complexity index is 463. The van der Waals surface area contributed by atoms with Gasteiger partial charge in [0.05, 0.1) is 5.69 Å². The van der Waals surface area contributed by atoms with Gasteiger partial charge in [-0.1, -0.05) is 6.07 Å².